The summed E-state index contributed by atoms with van der Waals surface area (Å²) in [5.74, 6) is 0.149. The number of amides is 2. The van der Waals surface area contributed by atoms with E-state index in [1.165, 1.54) is 25.6 Å². The van der Waals surface area contributed by atoms with E-state index in [-0.39, 0.29) is 5.91 Å². The van der Waals surface area contributed by atoms with Crippen LogP contribution in [0.25, 0.3) is 0 Å². The number of carbonyl (C=O) groups is 2. The van der Waals surface area contributed by atoms with Crippen LogP contribution >= 0.6 is 11.3 Å². The van der Waals surface area contributed by atoms with Gasteiger partial charge in [0.05, 0.1) is 31.7 Å². The summed E-state index contributed by atoms with van der Waals surface area (Å²) in [6, 6.07) is 15.3. The van der Waals surface area contributed by atoms with Gasteiger partial charge in [0.25, 0.3) is 11.8 Å². The normalized spacial score (nSPS) is 10.6. The van der Waals surface area contributed by atoms with Gasteiger partial charge < -0.3 is 14.8 Å². The minimum Gasteiger partial charge on any atom is -0.493 e. The SMILES string of the molecule is COc1ccc(C(=O)Nc2ccccc2C(=O)N/N=C/c2cccs2)cc1OC. The number of nitrogens with zero attached hydrogens (tertiary/aromatic N) is 1. The molecule has 2 amide bonds. The zero-order valence-corrected chi connectivity index (χ0v) is 16.7. The summed E-state index contributed by atoms with van der Waals surface area (Å²) in [7, 11) is 3.02. The minimum absolute atomic E-state index is 0.296. The van der Waals surface area contributed by atoms with Crippen molar-refractivity contribution in [3.05, 3.63) is 76.0 Å². The minimum atomic E-state index is -0.430. The molecule has 0 bridgehead atoms. The van der Waals surface area contributed by atoms with Gasteiger partial charge in [-0.05, 0) is 41.8 Å². The van der Waals surface area contributed by atoms with Crippen LogP contribution < -0.4 is 20.2 Å². The number of hydrogen-bond acceptors (Lipinski definition) is 6. The van der Waals surface area contributed by atoms with Crippen LogP contribution in [-0.4, -0.2) is 32.2 Å². The van der Waals surface area contributed by atoms with E-state index in [9.17, 15) is 9.59 Å². The number of benzene rings is 2. The van der Waals surface area contributed by atoms with E-state index in [0.29, 0.717) is 28.3 Å². The molecular formula is C21H19N3O4S. The molecule has 2 N–H and O–H groups in total. The number of carbonyl (C=O) groups excluding carboxylic acids is 2. The van der Waals surface area contributed by atoms with Crippen molar-refractivity contribution in [2.24, 2.45) is 5.10 Å². The molecule has 2 aromatic carbocycles. The monoisotopic (exact) mass is 409 g/mol. The molecule has 3 rings (SSSR count). The van der Waals surface area contributed by atoms with Gasteiger partial charge in [0.2, 0.25) is 0 Å². The van der Waals surface area contributed by atoms with Crippen molar-refractivity contribution in [3.63, 3.8) is 0 Å². The quantitative estimate of drug-likeness (QED) is 0.459. The lowest BCUT2D eigenvalue weighted by atomic mass is 10.1. The van der Waals surface area contributed by atoms with Gasteiger partial charge in [-0.2, -0.15) is 5.10 Å². The highest BCUT2D eigenvalue weighted by Crippen LogP contribution is 2.28. The summed E-state index contributed by atoms with van der Waals surface area (Å²) in [6.45, 7) is 0. The Labute approximate surface area is 172 Å². The fourth-order valence-electron chi connectivity index (χ4n) is 2.54. The highest BCUT2D eigenvalue weighted by molar-refractivity contribution is 7.11. The van der Waals surface area contributed by atoms with Crippen LogP contribution in [0.1, 0.15) is 25.6 Å². The Morgan fingerprint density at radius 2 is 1.76 bits per heavy atom. The summed E-state index contributed by atoms with van der Waals surface area (Å²) in [5.41, 5.74) is 3.51. The first kappa shape index (κ1) is 20.1. The highest BCUT2D eigenvalue weighted by Gasteiger charge is 2.15. The van der Waals surface area contributed by atoms with Crippen LogP contribution in [0.2, 0.25) is 0 Å². The Bertz CT molecular complexity index is 1030. The van der Waals surface area contributed by atoms with Crippen LogP contribution in [-0.2, 0) is 0 Å². The average Bonchev–Trinajstić information content (AvgIpc) is 3.27. The van der Waals surface area contributed by atoms with E-state index in [0.717, 1.165) is 4.88 Å². The number of nitrogens with one attached hydrogen (secondary N) is 2. The molecule has 7 nitrogen and oxygen atoms in total. The van der Waals surface area contributed by atoms with Crippen LogP contribution in [0, 0.1) is 0 Å². The molecule has 0 aliphatic rings. The fraction of sp³-hybridized carbons (Fsp3) is 0.0952. The first-order valence-corrected chi connectivity index (χ1v) is 9.49. The molecule has 1 aromatic heterocycles. The molecule has 0 fully saturated rings. The van der Waals surface area contributed by atoms with Crippen LogP contribution in [0.4, 0.5) is 5.69 Å². The van der Waals surface area contributed by atoms with Gasteiger partial charge in [-0.15, -0.1) is 11.3 Å². The molecule has 0 saturated carbocycles. The lowest BCUT2D eigenvalue weighted by Crippen LogP contribution is -2.21. The smallest absolute Gasteiger partial charge is 0.273 e. The van der Waals surface area contributed by atoms with Crippen LogP contribution in [0.5, 0.6) is 11.5 Å². The fourth-order valence-corrected chi connectivity index (χ4v) is 3.13. The van der Waals surface area contributed by atoms with Crippen molar-refractivity contribution < 1.29 is 19.1 Å². The molecule has 0 unspecified atom stereocenters. The topological polar surface area (TPSA) is 89.0 Å². The summed E-state index contributed by atoms with van der Waals surface area (Å²) in [6.07, 6.45) is 1.56. The van der Waals surface area contributed by atoms with Crippen molar-refractivity contribution in [1.82, 2.24) is 5.43 Å². The predicted molar refractivity (Wildman–Crippen MR) is 113 cm³/mol. The number of ether oxygens (including phenoxy) is 2. The summed E-state index contributed by atoms with van der Waals surface area (Å²) in [5, 5.41) is 8.63. The van der Waals surface area contributed by atoms with Crippen molar-refractivity contribution in [2.75, 3.05) is 19.5 Å². The molecule has 0 aliphatic heterocycles. The Morgan fingerprint density at radius 3 is 2.48 bits per heavy atom. The van der Waals surface area contributed by atoms with Crippen molar-refractivity contribution >= 4 is 35.1 Å². The van der Waals surface area contributed by atoms with Gasteiger partial charge in [0, 0.05) is 10.4 Å². The second-order valence-electron chi connectivity index (χ2n) is 5.78. The zero-order chi connectivity index (χ0) is 20.6. The van der Waals surface area contributed by atoms with Gasteiger partial charge in [-0.1, -0.05) is 18.2 Å². The number of para-hydroxylation sites is 1. The number of hydrogen-bond donors (Lipinski definition) is 2. The molecule has 148 valence electrons. The maximum atomic E-state index is 12.7. The predicted octanol–water partition coefficient (Wildman–Crippen LogP) is 3.78. The third-order valence-electron chi connectivity index (χ3n) is 3.97. The summed E-state index contributed by atoms with van der Waals surface area (Å²) < 4.78 is 10.4. The first-order valence-electron chi connectivity index (χ1n) is 8.61. The summed E-state index contributed by atoms with van der Waals surface area (Å²) >= 11 is 1.51. The van der Waals surface area contributed by atoms with Gasteiger partial charge in [0.1, 0.15) is 0 Å². The van der Waals surface area contributed by atoms with E-state index in [2.05, 4.69) is 15.8 Å². The molecule has 29 heavy (non-hydrogen) atoms. The average molecular weight is 409 g/mol. The summed E-state index contributed by atoms with van der Waals surface area (Å²) in [4.78, 5) is 26.1. The third-order valence-corrected chi connectivity index (χ3v) is 4.77. The maximum Gasteiger partial charge on any atom is 0.273 e. The lowest BCUT2D eigenvalue weighted by Gasteiger charge is -2.12. The van der Waals surface area contributed by atoms with Gasteiger partial charge >= 0.3 is 0 Å². The van der Waals surface area contributed by atoms with Crippen molar-refractivity contribution in [2.45, 2.75) is 0 Å². The largest absolute Gasteiger partial charge is 0.493 e. The van der Waals surface area contributed by atoms with Gasteiger partial charge in [0.15, 0.2) is 11.5 Å². The first-order chi connectivity index (χ1) is 14.1. The lowest BCUT2D eigenvalue weighted by molar-refractivity contribution is 0.0956. The molecule has 8 heteroatoms. The van der Waals surface area contributed by atoms with E-state index < -0.39 is 5.91 Å². The second kappa shape index (κ2) is 9.52. The number of hydrazone groups is 1. The Morgan fingerprint density at radius 1 is 0.966 bits per heavy atom. The number of anilines is 1. The second-order valence-corrected chi connectivity index (χ2v) is 6.76. The van der Waals surface area contributed by atoms with Crippen molar-refractivity contribution in [3.8, 4) is 11.5 Å². The maximum absolute atomic E-state index is 12.7. The van der Waals surface area contributed by atoms with Gasteiger partial charge in [-0.3, -0.25) is 9.59 Å². The van der Waals surface area contributed by atoms with E-state index in [4.69, 9.17) is 9.47 Å². The van der Waals surface area contributed by atoms with Crippen molar-refractivity contribution in [1.29, 1.82) is 0 Å². The zero-order valence-electron chi connectivity index (χ0n) is 15.8. The molecule has 0 radical (unpaired) electrons. The molecule has 0 saturated heterocycles. The van der Waals surface area contributed by atoms with E-state index in [1.807, 2.05) is 17.5 Å². The van der Waals surface area contributed by atoms with Gasteiger partial charge in [-0.25, -0.2) is 5.43 Å². The standard InChI is InChI=1S/C21H19N3O4S/c1-27-18-10-9-14(12-19(18)28-2)20(25)23-17-8-4-3-7-16(17)21(26)24-22-13-15-6-5-11-29-15/h3-13H,1-2H3,(H,23,25)(H,24,26)/b22-13+. The Balaban J connectivity index is 1.74. The van der Waals surface area contributed by atoms with E-state index >= 15 is 0 Å². The molecule has 3 aromatic rings. The molecule has 0 spiro atoms. The third kappa shape index (κ3) is 4.99. The van der Waals surface area contributed by atoms with Crippen LogP contribution in [0.3, 0.4) is 0 Å². The number of thiophene rings is 1. The number of rotatable bonds is 7. The Kier molecular flexibility index (Phi) is 6.59. The number of methoxy groups -OCH3 is 2. The molecule has 1 heterocycles. The molecule has 0 atom stereocenters. The molecular weight excluding hydrogens is 390 g/mol. The Hall–Kier alpha value is -3.65. The van der Waals surface area contributed by atoms with E-state index in [1.54, 1.807) is 48.7 Å². The molecule has 0 aliphatic carbocycles. The highest BCUT2D eigenvalue weighted by atomic mass is 32.1. The van der Waals surface area contributed by atoms with Crippen LogP contribution in [0.15, 0.2) is 65.1 Å².